The van der Waals surface area contributed by atoms with Gasteiger partial charge in [-0.15, -0.1) is 0 Å². The van der Waals surface area contributed by atoms with Crippen molar-refractivity contribution in [2.45, 2.75) is 18.9 Å². The zero-order valence-corrected chi connectivity index (χ0v) is 8.73. The lowest BCUT2D eigenvalue weighted by Gasteiger charge is -2.14. The molecule has 1 saturated carbocycles. The van der Waals surface area contributed by atoms with E-state index in [1.807, 2.05) is 24.3 Å². The summed E-state index contributed by atoms with van der Waals surface area (Å²) in [6.45, 7) is 0. The normalized spacial score (nSPS) is 16.5. The number of hydrogen-bond donors (Lipinski definition) is 1. The van der Waals surface area contributed by atoms with Crippen molar-refractivity contribution in [3.8, 4) is 11.8 Å². The molecule has 0 bridgehead atoms. The van der Waals surface area contributed by atoms with E-state index in [-0.39, 0.29) is 6.04 Å². The Morgan fingerprint density at radius 1 is 1.47 bits per heavy atom. The van der Waals surface area contributed by atoms with Crippen LogP contribution in [0.2, 0.25) is 0 Å². The summed E-state index contributed by atoms with van der Waals surface area (Å²) in [7, 11) is 1.64. The highest BCUT2D eigenvalue weighted by atomic mass is 16.5. The van der Waals surface area contributed by atoms with Gasteiger partial charge in [0.05, 0.1) is 18.9 Å². The van der Waals surface area contributed by atoms with Crippen LogP contribution in [0.15, 0.2) is 24.3 Å². The number of methoxy groups -OCH3 is 1. The number of nitrogens with one attached hydrogen (secondary N) is 1. The number of hydrogen-bond acceptors (Lipinski definition) is 3. The summed E-state index contributed by atoms with van der Waals surface area (Å²) in [4.78, 5) is 0. The van der Waals surface area contributed by atoms with Crippen LogP contribution in [-0.2, 0) is 0 Å². The highest BCUT2D eigenvalue weighted by molar-refractivity contribution is 5.57. The Hall–Kier alpha value is -1.69. The summed E-state index contributed by atoms with van der Waals surface area (Å²) in [5.74, 6) is 1.30. The second-order valence-electron chi connectivity index (χ2n) is 3.79. The van der Waals surface area contributed by atoms with Gasteiger partial charge in [-0.3, -0.25) is 0 Å². The van der Waals surface area contributed by atoms with Gasteiger partial charge in [0.15, 0.2) is 0 Å². The molecule has 0 saturated heterocycles. The molecule has 1 aliphatic rings. The van der Waals surface area contributed by atoms with E-state index in [0.29, 0.717) is 5.92 Å². The van der Waals surface area contributed by atoms with Crippen LogP contribution in [0.4, 0.5) is 5.69 Å². The number of nitriles is 1. The third-order valence-electron chi connectivity index (χ3n) is 2.65. The van der Waals surface area contributed by atoms with Crippen molar-refractivity contribution in [2.24, 2.45) is 5.92 Å². The predicted molar refractivity (Wildman–Crippen MR) is 58.7 cm³/mol. The first kappa shape index (κ1) is 9.85. The van der Waals surface area contributed by atoms with Crippen LogP contribution in [-0.4, -0.2) is 13.2 Å². The minimum Gasteiger partial charge on any atom is -0.495 e. The molecule has 3 heteroatoms. The van der Waals surface area contributed by atoms with Crippen molar-refractivity contribution < 1.29 is 4.74 Å². The maximum absolute atomic E-state index is 9.01. The Labute approximate surface area is 89.7 Å². The van der Waals surface area contributed by atoms with Crippen molar-refractivity contribution in [1.29, 1.82) is 5.26 Å². The maximum Gasteiger partial charge on any atom is 0.141 e. The maximum atomic E-state index is 9.01. The number of ether oxygens (including phenoxy) is 1. The first-order valence-electron chi connectivity index (χ1n) is 5.14. The van der Waals surface area contributed by atoms with E-state index in [4.69, 9.17) is 10.00 Å². The Bertz CT molecular complexity index is 379. The first-order valence-corrected chi connectivity index (χ1v) is 5.14. The molecule has 78 valence electrons. The molecule has 1 aliphatic carbocycles. The molecule has 0 spiro atoms. The van der Waals surface area contributed by atoms with Crippen LogP contribution >= 0.6 is 0 Å². The molecular formula is C12H14N2O. The van der Waals surface area contributed by atoms with Gasteiger partial charge in [0.1, 0.15) is 11.8 Å². The number of rotatable bonds is 4. The molecule has 1 fully saturated rings. The van der Waals surface area contributed by atoms with Crippen LogP contribution in [0.25, 0.3) is 0 Å². The van der Waals surface area contributed by atoms with Gasteiger partial charge in [0.2, 0.25) is 0 Å². The van der Waals surface area contributed by atoms with E-state index >= 15 is 0 Å². The lowest BCUT2D eigenvalue weighted by molar-refractivity contribution is 0.416. The second kappa shape index (κ2) is 4.22. The van der Waals surface area contributed by atoms with Gasteiger partial charge in [-0.2, -0.15) is 5.26 Å². The molecule has 1 atom stereocenters. The Morgan fingerprint density at radius 2 is 2.20 bits per heavy atom. The van der Waals surface area contributed by atoms with E-state index in [2.05, 4.69) is 11.4 Å². The molecule has 0 radical (unpaired) electrons. The highest BCUT2D eigenvalue weighted by Gasteiger charge is 2.31. The van der Waals surface area contributed by atoms with Crippen LogP contribution in [0.5, 0.6) is 5.75 Å². The number of anilines is 1. The van der Waals surface area contributed by atoms with Crippen LogP contribution < -0.4 is 10.1 Å². The largest absolute Gasteiger partial charge is 0.495 e. The number of nitrogens with zero attached hydrogens (tertiary/aromatic N) is 1. The summed E-state index contributed by atoms with van der Waals surface area (Å²) in [6, 6.07) is 9.90. The van der Waals surface area contributed by atoms with Crippen LogP contribution in [0.3, 0.4) is 0 Å². The van der Waals surface area contributed by atoms with Crippen molar-refractivity contribution in [3.63, 3.8) is 0 Å². The fourth-order valence-electron chi connectivity index (χ4n) is 1.62. The molecule has 0 aliphatic heterocycles. The average molecular weight is 202 g/mol. The van der Waals surface area contributed by atoms with Crippen molar-refractivity contribution in [2.75, 3.05) is 12.4 Å². The topological polar surface area (TPSA) is 45.0 Å². The third kappa shape index (κ3) is 2.21. The molecule has 0 aromatic heterocycles. The summed E-state index contributed by atoms with van der Waals surface area (Å²) in [5, 5.41) is 12.2. The molecule has 1 aromatic rings. The lowest BCUT2D eigenvalue weighted by atomic mass is 10.2. The van der Waals surface area contributed by atoms with Gasteiger partial charge in [-0.25, -0.2) is 0 Å². The molecule has 1 unspecified atom stereocenters. The van der Waals surface area contributed by atoms with E-state index in [0.717, 1.165) is 24.3 Å². The molecule has 0 amide bonds. The summed E-state index contributed by atoms with van der Waals surface area (Å²) in [5.41, 5.74) is 0.901. The number of benzene rings is 1. The number of para-hydroxylation sites is 2. The van der Waals surface area contributed by atoms with E-state index < -0.39 is 0 Å². The van der Waals surface area contributed by atoms with E-state index in [1.54, 1.807) is 7.11 Å². The molecule has 1 aromatic carbocycles. The molecule has 15 heavy (non-hydrogen) atoms. The minimum atomic E-state index is -0.0821. The second-order valence-corrected chi connectivity index (χ2v) is 3.79. The molecular weight excluding hydrogens is 188 g/mol. The van der Waals surface area contributed by atoms with Crippen LogP contribution in [0, 0.1) is 17.2 Å². The standard InChI is InChI=1S/C12H14N2O/c1-15-12-5-3-2-4-10(12)14-11(8-13)9-6-7-9/h2-5,9,11,14H,6-7H2,1H3. The Kier molecular flexibility index (Phi) is 2.77. The zero-order valence-electron chi connectivity index (χ0n) is 8.73. The highest BCUT2D eigenvalue weighted by Crippen LogP contribution is 2.35. The Morgan fingerprint density at radius 3 is 2.80 bits per heavy atom. The molecule has 2 rings (SSSR count). The van der Waals surface area contributed by atoms with Gasteiger partial charge < -0.3 is 10.1 Å². The van der Waals surface area contributed by atoms with Gasteiger partial charge in [0, 0.05) is 0 Å². The molecule has 0 heterocycles. The minimum absolute atomic E-state index is 0.0821. The lowest BCUT2D eigenvalue weighted by Crippen LogP contribution is -2.19. The third-order valence-corrected chi connectivity index (χ3v) is 2.65. The molecule has 1 N–H and O–H groups in total. The predicted octanol–water partition coefficient (Wildman–Crippen LogP) is 2.41. The van der Waals surface area contributed by atoms with Gasteiger partial charge in [-0.05, 0) is 30.9 Å². The summed E-state index contributed by atoms with van der Waals surface area (Å²) in [6.07, 6.45) is 2.31. The van der Waals surface area contributed by atoms with Gasteiger partial charge in [0.25, 0.3) is 0 Å². The van der Waals surface area contributed by atoms with E-state index in [9.17, 15) is 0 Å². The summed E-state index contributed by atoms with van der Waals surface area (Å²) >= 11 is 0. The summed E-state index contributed by atoms with van der Waals surface area (Å²) < 4.78 is 5.22. The monoisotopic (exact) mass is 202 g/mol. The van der Waals surface area contributed by atoms with Crippen LogP contribution in [0.1, 0.15) is 12.8 Å². The van der Waals surface area contributed by atoms with E-state index in [1.165, 1.54) is 0 Å². The van der Waals surface area contributed by atoms with Crippen molar-refractivity contribution in [3.05, 3.63) is 24.3 Å². The zero-order chi connectivity index (χ0) is 10.7. The average Bonchev–Trinajstić information content (AvgIpc) is 3.10. The van der Waals surface area contributed by atoms with Crippen molar-refractivity contribution >= 4 is 5.69 Å². The van der Waals surface area contributed by atoms with Gasteiger partial charge in [-0.1, -0.05) is 12.1 Å². The Balaban J connectivity index is 2.12. The smallest absolute Gasteiger partial charge is 0.141 e. The van der Waals surface area contributed by atoms with Gasteiger partial charge >= 0.3 is 0 Å². The molecule has 3 nitrogen and oxygen atoms in total. The SMILES string of the molecule is COc1ccccc1NC(C#N)C1CC1. The fraction of sp³-hybridized carbons (Fsp3) is 0.417. The quantitative estimate of drug-likeness (QED) is 0.815. The van der Waals surface area contributed by atoms with Crippen molar-refractivity contribution in [1.82, 2.24) is 0 Å². The first-order chi connectivity index (χ1) is 7.35. The fourth-order valence-corrected chi connectivity index (χ4v) is 1.62.